The molecule has 0 aromatic carbocycles. The van der Waals surface area contributed by atoms with Crippen LogP contribution in [0.2, 0.25) is 18.1 Å². The van der Waals surface area contributed by atoms with Gasteiger partial charge < -0.3 is 18.6 Å². The van der Waals surface area contributed by atoms with E-state index in [0.29, 0.717) is 0 Å². The highest BCUT2D eigenvalue weighted by atomic mass is 127. The fraction of sp³-hybridized carbons (Fsp3) is 0.722. The van der Waals surface area contributed by atoms with Crippen LogP contribution in [0.15, 0.2) is 0 Å². The maximum atomic E-state index is 12.8. The molecule has 0 aliphatic carbocycles. The minimum Gasteiger partial charge on any atom is -0.467 e. The Hall–Kier alpha value is -0.773. The van der Waals surface area contributed by atoms with Crippen LogP contribution in [-0.2, 0) is 33.0 Å². The summed E-state index contributed by atoms with van der Waals surface area (Å²) < 4.78 is 19.5. The molecule has 0 radical (unpaired) electrons. The largest absolute Gasteiger partial charge is 0.467 e. The lowest BCUT2D eigenvalue weighted by molar-refractivity contribution is -0.159. The molecule has 158 valence electrons. The van der Waals surface area contributed by atoms with Crippen LogP contribution in [-0.4, -0.2) is 67.1 Å². The van der Waals surface area contributed by atoms with Crippen molar-refractivity contribution in [2.45, 2.75) is 58.9 Å². The van der Waals surface area contributed by atoms with Gasteiger partial charge in [-0.15, -0.1) is 18.2 Å². The normalized spacial score (nSPS) is 24.2. The minimum absolute atomic E-state index is 0.0611. The van der Waals surface area contributed by atoms with Crippen LogP contribution >= 0.6 is 34.4 Å². The van der Waals surface area contributed by atoms with Gasteiger partial charge in [0.1, 0.15) is 6.61 Å². The van der Waals surface area contributed by atoms with Crippen LogP contribution in [0.4, 0.5) is 0 Å². The molecule has 0 aromatic rings. The zero-order chi connectivity index (χ0) is 21.9. The summed E-state index contributed by atoms with van der Waals surface area (Å²) >= 11 is 3.16. The van der Waals surface area contributed by atoms with Crippen molar-refractivity contribution in [3.8, 4) is 12.3 Å². The van der Waals surface area contributed by atoms with Crippen LogP contribution in [0.5, 0.6) is 0 Å². The Morgan fingerprint density at radius 3 is 2.07 bits per heavy atom. The molecule has 0 unspecified atom stereocenters. The number of rotatable bonds is 6. The van der Waals surface area contributed by atoms with E-state index in [4.69, 9.17) is 25.1 Å². The van der Waals surface area contributed by atoms with E-state index in [1.54, 1.807) is 0 Å². The van der Waals surface area contributed by atoms with Gasteiger partial charge in [0.25, 0.3) is 0 Å². The molecular weight excluding hydrogens is 515 g/mol. The number of esters is 3. The Bertz CT molecular complexity index is 652. The monoisotopic (exact) mass is 542 g/mol. The van der Waals surface area contributed by atoms with Crippen LogP contribution in [0.25, 0.3) is 0 Å². The number of hydrogen-bond donors (Lipinski definition) is 0. The SMILES string of the molecule is C#CC(=O)OC[C@@H]1SC(C(=O)OC)(C(=O)OC)[C@@H](O[Si](C)(C)C(C)(C)C)[C@@H]1I. The summed E-state index contributed by atoms with van der Waals surface area (Å²) in [4.78, 5) is 37.0. The molecule has 1 aliphatic rings. The van der Waals surface area contributed by atoms with E-state index in [-0.39, 0.29) is 15.6 Å². The lowest BCUT2D eigenvalue weighted by atomic mass is 9.98. The molecule has 0 aromatic heterocycles. The number of carbonyl (C=O) groups is 3. The van der Waals surface area contributed by atoms with Crippen LogP contribution in [0, 0.1) is 12.3 Å². The molecule has 10 heteroatoms. The van der Waals surface area contributed by atoms with Gasteiger partial charge in [0.2, 0.25) is 4.75 Å². The number of terminal acetylenes is 1. The topological polar surface area (TPSA) is 88.1 Å². The number of alkyl halides is 1. The Morgan fingerprint density at radius 2 is 1.68 bits per heavy atom. The summed E-state index contributed by atoms with van der Waals surface area (Å²) in [6.07, 6.45) is 4.23. The Kier molecular flexibility index (Phi) is 8.45. The van der Waals surface area contributed by atoms with Crippen molar-refractivity contribution in [3.63, 3.8) is 0 Å². The zero-order valence-corrected chi connectivity index (χ0v) is 21.1. The van der Waals surface area contributed by atoms with E-state index >= 15 is 0 Å². The van der Waals surface area contributed by atoms with Gasteiger partial charge in [-0.2, -0.15) is 0 Å². The first kappa shape index (κ1) is 25.3. The average molecular weight is 542 g/mol. The maximum absolute atomic E-state index is 12.8. The third-order valence-corrected chi connectivity index (χ3v) is 13.2. The first-order valence-electron chi connectivity index (χ1n) is 8.58. The number of thioether (sulfide) groups is 1. The number of carbonyl (C=O) groups excluding carboxylic acids is 3. The zero-order valence-electron chi connectivity index (χ0n) is 17.2. The van der Waals surface area contributed by atoms with E-state index in [2.05, 4.69) is 43.4 Å². The smallest absolute Gasteiger partial charge is 0.384 e. The van der Waals surface area contributed by atoms with Gasteiger partial charge in [-0.25, -0.2) is 14.4 Å². The summed E-state index contributed by atoms with van der Waals surface area (Å²) in [7, 11) is 0.0535. The second-order valence-corrected chi connectivity index (χ2v) is 15.5. The third-order valence-electron chi connectivity index (χ3n) is 5.08. The number of ether oxygens (including phenoxy) is 3. The van der Waals surface area contributed by atoms with Crippen molar-refractivity contribution in [1.29, 1.82) is 0 Å². The Balaban J connectivity index is 3.41. The van der Waals surface area contributed by atoms with Crippen LogP contribution in [0.3, 0.4) is 0 Å². The summed E-state index contributed by atoms with van der Waals surface area (Å²) in [6, 6.07) is 0. The Morgan fingerprint density at radius 1 is 1.18 bits per heavy atom. The number of methoxy groups -OCH3 is 2. The quantitative estimate of drug-likeness (QED) is 0.0740. The molecule has 0 N–H and O–H groups in total. The van der Waals surface area contributed by atoms with Crippen molar-refractivity contribution < 1.29 is 33.0 Å². The summed E-state index contributed by atoms with van der Waals surface area (Å²) in [6.45, 7) is 10.2. The molecular formula is C18H27IO7SSi. The second-order valence-electron chi connectivity index (χ2n) is 7.86. The summed E-state index contributed by atoms with van der Waals surface area (Å²) in [5.74, 6) is -0.424. The van der Waals surface area contributed by atoms with Crippen molar-refractivity contribution in [3.05, 3.63) is 0 Å². The molecule has 0 amide bonds. The predicted octanol–water partition coefficient (Wildman–Crippen LogP) is 2.56. The van der Waals surface area contributed by atoms with Gasteiger partial charge in [-0.3, -0.25) is 0 Å². The fourth-order valence-electron chi connectivity index (χ4n) is 2.47. The van der Waals surface area contributed by atoms with Gasteiger partial charge in [0.15, 0.2) is 8.32 Å². The molecule has 1 heterocycles. The van der Waals surface area contributed by atoms with Crippen molar-refractivity contribution in [2.24, 2.45) is 0 Å². The van der Waals surface area contributed by atoms with Gasteiger partial charge in [0.05, 0.1) is 29.5 Å². The molecule has 1 rings (SSSR count). The first-order valence-corrected chi connectivity index (χ1v) is 13.6. The van der Waals surface area contributed by atoms with Crippen molar-refractivity contribution in [1.82, 2.24) is 0 Å². The lowest BCUT2D eigenvalue weighted by Crippen LogP contribution is -2.59. The molecule has 3 atom stereocenters. The van der Waals surface area contributed by atoms with Gasteiger partial charge in [0, 0.05) is 5.92 Å². The molecule has 0 spiro atoms. The highest BCUT2D eigenvalue weighted by molar-refractivity contribution is 14.1. The summed E-state index contributed by atoms with van der Waals surface area (Å²) in [5.41, 5.74) is 0. The highest BCUT2D eigenvalue weighted by Gasteiger charge is 2.67. The number of halogens is 1. The second kappa shape index (κ2) is 9.36. The fourth-order valence-corrected chi connectivity index (χ4v) is 7.30. The standard InChI is InChI=1S/C18H27IO7SSi/c1-9-12(20)25-10-11-13(19)14(26-28(7,8)17(2,3)4)18(27-11,15(21)23-5)16(22)24-6/h1,11,13-14H,10H2,2-8H3/t11-,13+,14-/m0/s1. The minimum atomic E-state index is -2.37. The predicted molar refractivity (Wildman–Crippen MR) is 118 cm³/mol. The molecule has 7 nitrogen and oxygen atoms in total. The maximum Gasteiger partial charge on any atom is 0.384 e. The van der Waals surface area contributed by atoms with Crippen LogP contribution < -0.4 is 0 Å². The average Bonchev–Trinajstić information content (AvgIpc) is 2.90. The first-order chi connectivity index (χ1) is 12.8. The van der Waals surface area contributed by atoms with Crippen LogP contribution in [0.1, 0.15) is 20.8 Å². The van der Waals surface area contributed by atoms with E-state index in [9.17, 15) is 14.4 Å². The van der Waals surface area contributed by atoms with Gasteiger partial charge in [-0.1, -0.05) is 43.4 Å². The van der Waals surface area contributed by atoms with Gasteiger partial charge >= 0.3 is 17.9 Å². The molecule has 0 bridgehead atoms. The summed E-state index contributed by atoms with van der Waals surface area (Å²) in [5, 5.41) is -0.564. The van der Waals surface area contributed by atoms with E-state index in [1.807, 2.05) is 19.0 Å². The highest BCUT2D eigenvalue weighted by Crippen LogP contribution is 2.52. The van der Waals surface area contributed by atoms with E-state index in [0.717, 1.165) is 11.8 Å². The molecule has 28 heavy (non-hydrogen) atoms. The molecule has 1 aliphatic heterocycles. The molecule has 0 saturated carbocycles. The third kappa shape index (κ3) is 4.85. The van der Waals surface area contributed by atoms with Gasteiger partial charge in [-0.05, 0) is 18.1 Å². The lowest BCUT2D eigenvalue weighted by Gasteiger charge is -2.42. The van der Waals surface area contributed by atoms with Crippen molar-refractivity contribution in [2.75, 3.05) is 20.8 Å². The Labute approximate surface area is 185 Å². The van der Waals surface area contributed by atoms with Crippen molar-refractivity contribution >= 4 is 60.6 Å². The van der Waals surface area contributed by atoms with E-state index < -0.39 is 42.3 Å². The van der Waals surface area contributed by atoms with E-state index in [1.165, 1.54) is 14.2 Å². The molecule has 1 saturated heterocycles. The number of hydrogen-bond acceptors (Lipinski definition) is 8. The molecule has 1 fully saturated rings.